The zero-order valence-electron chi connectivity index (χ0n) is 11.2. The third-order valence-electron chi connectivity index (χ3n) is 2.50. The third-order valence-corrected chi connectivity index (χ3v) is 5.11. The number of thiazole rings is 1. The first kappa shape index (κ1) is 14.8. The molecule has 0 aliphatic carbocycles. The van der Waals surface area contributed by atoms with Gasteiger partial charge in [-0.25, -0.2) is 4.98 Å². The summed E-state index contributed by atoms with van der Waals surface area (Å²) in [6, 6.07) is 0. The molecule has 1 rings (SSSR count). The van der Waals surface area contributed by atoms with Gasteiger partial charge >= 0.3 is 0 Å². The second kappa shape index (κ2) is 6.07. The zero-order valence-corrected chi connectivity index (χ0v) is 12.9. The number of rotatable bonds is 5. The zero-order chi connectivity index (χ0) is 13.1. The van der Waals surface area contributed by atoms with Crippen molar-refractivity contribution in [2.45, 2.75) is 44.9 Å². The van der Waals surface area contributed by atoms with Crippen molar-refractivity contribution in [1.82, 2.24) is 10.3 Å². The number of nitrogens with one attached hydrogen (secondary N) is 1. The van der Waals surface area contributed by atoms with Crippen molar-refractivity contribution in [2.75, 3.05) is 12.8 Å². The van der Waals surface area contributed by atoms with E-state index in [0.717, 1.165) is 18.8 Å². The maximum absolute atomic E-state index is 11.2. The molecule has 0 spiro atoms. The molecule has 2 atom stereocenters. The van der Waals surface area contributed by atoms with E-state index >= 15 is 0 Å². The monoisotopic (exact) mass is 274 g/mol. The highest BCUT2D eigenvalue weighted by atomic mass is 32.2. The molecule has 0 saturated carbocycles. The molecular weight excluding hydrogens is 252 g/mol. The highest BCUT2D eigenvalue weighted by molar-refractivity contribution is 7.84. The summed E-state index contributed by atoms with van der Waals surface area (Å²) in [6.07, 6.45) is 1.74. The van der Waals surface area contributed by atoms with Crippen molar-refractivity contribution in [3.63, 3.8) is 0 Å². The van der Waals surface area contributed by atoms with Gasteiger partial charge in [-0.1, -0.05) is 20.8 Å². The van der Waals surface area contributed by atoms with Gasteiger partial charge < -0.3 is 5.32 Å². The lowest BCUT2D eigenvalue weighted by Crippen LogP contribution is -2.27. The van der Waals surface area contributed by atoms with Gasteiger partial charge in [0.15, 0.2) is 0 Å². The molecule has 0 aliphatic heterocycles. The Kier molecular flexibility index (Phi) is 5.28. The summed E-state index contributed by atoms with van der Waals surface area (Å²) in [5, 5.41) is 6.76. The minimum absolute atomic E-state index is 0.126. The lowest BCUT2D eigenvalue weighted by atomic mass is 9.98. The first-order chi connectivity index (χ1) is 7.80. The van der Waals surface area contributed by atoms with E-state index in [1.165, 1.54) is 5.01 Å². The molecule has 0 aliphatic rings. The summed E-state index contributed by atoms with van der Waals surface area (Å²) < 4.78 is 11.2. The van der Waals surface area contributed by atoms with Crippen LogP contribution in [0.25, 0.3) is 0 Å². The fourth-order valence-electron chi connectivity index (χ4n) is 1.25. The lowest BCUT2D eigenvalue weighted by Gasteiger charge is -2.13. The quantitative estimate of drug-likeness (QED) is 0.896. The number of hydrogen-bond acceptors (Lipinski definition) is 4. The normalized spacial score (nSPS) is 15.8. The molecule has 98 valence electrons. The van der Waals surface area contributed by atoms with Gasteiger partial charge in [0, 0.05) is 46.2 Å². The van der Waals surface area contributed by atoms with E-state index in [9.17, 15) is 4.21 Å². The van der Waals surface area contributed by atoms with E-state index in [2.05, 4.69) is 36.5 Å². The van der Waals surface area contributed by atoms with Gasteiger partial charge in [0.1, 0.15) is 0 Å². The molecule has 1 heterocycles. The van der Waals surface area contributed by atoms with Gasteiger partial charge in [0.2, 0.25) is 0 Å². The second-order valence-corrected chi connectivity index (χ2v) is 7.99. The van der Waals surface area contributed by atoms with E-state index in [-0.39, 0.29) is 10.7 Å². The molecular formula is C12H22N2OS2. The first-order valence-electron chi connectivity index (χ1n) is 5.78. The fourth-order valence-corrected chi connectivity index (χ4v) is 2.51. The van der Waals surface area contributed by atoms with Crippen LogP contribution in [-0.2, 0) is 22.8 Å². The molecule has 1 aromatic rings. The minimum atomic E-state index is -0.757. The maximum atomic E-state index is 11.2. The molecule has 3 nitrogen and oxygen atoms in total. The van der Waals surface area contributed by atoms with Crippen LogP contribution in [0, 0.1) is 0 Å². The van der Waals surface area contributed by atoms with Crippen LogP contribution in [0.4, 0.5) is 0 Å². The molecule has 0 radical (unpaired) electrons. The Hall–Kier alpha value is -0.260. The van der Waals surface area contributed by atoms with E-state index in [4.69, 9.17) is 0 Å². The molecule has 0 saturated heterocycles. The van der Waals surface area contributed by atoms with Gasteiger partial charge in [0.25, 0.3) is 0 Å². The first-order valence-corrected chi connectivity index (χ1v) is 8.28. The molecule has 2 unspecified atom stereocenters. The van der Waals surface area contributed by atoms with Crippen molar-refractivity contribution in [2.24, 2.45) is 0 Å². The van der Waals surface area contributed by atoms with Crippen LogP contribution in [0.2, 0.25) is 0 Å². The molecule has 1 N–H and O–H groups in total. The summed E-state index contributed by atoms with van der Waals surface area (Å²) in [6.45, 7) is 10.0. The Bertz CT molecular complexity index is 382. The van der Waals surface area contributed by atoms with Crippen LogP contribution in [0.3, 0.4) is 0 Å². The van der Waals surface area contributed by atoms with Crippen molar-refractivity contribution in [1.29, 1.82) is 0 Å². The van der Waals surface area contributed by atoms with Gasteiger partial charge in [-0.15, -0.1) is 11.3 Å². The minimum Gasteiger partial charge on any atom is -0.310 e. The summed E-state index contributed by atoms with van der Waals surface area (Å²) in [4.78, 5) is 4.60. The van der Waals surface area contributed by atoms with Crippen molar-refractivity contribution < 1.29 is 4.21 Å². The van der Waals surface area contributed by atoms with Crippen LogP contribution in [0.15, 0.2) is 5.38 Å². The standard InChI is InChI=1S/C12H22N2OS2/c1-9(17(5)15)6-13-7-10-8-16-11(14-10)12(2,3)4/h8-9,13H,6-7H2,1-5H3. The average Bonchev–Trinajstić information content (AvgIpc) is 2.65. The topological polar surface area (TPSA) is 42.0 Å². The van der Waals surface area contributed by atoms with E-state index in [1.807, 2.05) is 6.92 Å². The highest BCUT2D eigenvalue weighted by Gasteiger charge is 2.17. The number of aromatic nitrogens is 1. The predicted octanol–water partition coefficient (Wildman–Crippen LogP) is 2.30. The Labute approximate surface area is 111 Å². The molecule has 5 heteroatoms. The number of hydrogen-bond donors (Lipinski definition) is 1. The fraction of sp³-hybridized carbons (Fsp3) is 0.750. The Morgan fingerprint density at radius 2 is 2.18 bits per heavy atom. The summed E-state index contributed by atoms with van der Waals surface area (Å²) in [7, 11) is -0.757. The van der Waals surface area contributed by atoms with E-state index < -0.39 is 10.8 Å². The summed E-state index contributed by atoms with van der Waals surface area (Å²) >= 11 is 1.71. The molecule has 1 aromatic heterocycles. The number of nitrogens with zero attached hydrogens (tertiary/aromatic N) is 1. The molecule has 0 amide bonds. The third kappa shape index (κ3) is 4.85. The van der Waals surface area contributed by atoms with Crippen molar-refractivity contribution >= 4 is 22.1 Å². The van der Waals surface area contributed by atoms with E-state index in [0.29, 0.717) is 0 Å². The SMILES string of the molecule is CC(CNCc1csc(C(C)(C)C)n1)S(C)=O. The lowest BCUT2D eigenvalue weighted by molar-refractivity contribution is 0.579. The Balaban J connectivity index is 2.43. The maximum Gasteiger partial charge on any atom is 0.0982 e. The average molecular weight is 274 g/mol. The van der Waals surface area contributed by atoms with Gasteiger partial charge in [-0.3, -0.25) is 4.21 Å². The van der Waals surface area contributed by atoms with Crippen molar-refractivity contribution in [3.05, 3.63) is 16.1 Å². The van der Waals surface area contributed by atoms with Gasteiger partial charge in [0.05, 0.1) is 10.7 Å². The second-order valence-electron chi connectivity index (χ2n) is 5.33. The molecule has 17 heavy (non-hydrogen) atoms. The molecule has 0 fully saturated rings. The van der Waals surface area contributed by atoms with Crippen molar-refractivity contribution in [3.8, 4) is 0 Å². The highest BCUT2D eigenvalue weighted by Crippen LogP contribution is 2.25. The largest absolute Gasteiger partial charge is 0.310 e. The van der Waals surface area contributed by atoms with Crippen LogP contribution in [0.1, 0.15) is 38.4 Å². The molecule has 0 aromatic carbocycles. The van der Waals surface area contributed by atoms with Gasteiger partial charge in [-0.05, 0) is 6.92 Å². The van der Waals surface area contributed by atoms with E-state index in [1.54, 1.807) is 17.6 Å². The van der Waals surface area contributed by atoms with Crippen LogP contribution < -0.4 is 5.32 Å². The Morgan fingerprint density at radius 1 is 1.53 bits per heavy atom. The smallest absolute Gasteiger partial charge is 0.0982 e. The van der Waals surface area contributed by atoms with Gasteiger partial charge in [-0.2, -0.15) is 0 Å². The molecule has 0 bridgehead atoms. The van der Waals surface area contributed by atoms with Crippen LogP contribution >= 0.6 is 11.3 Å². The van der Waals surface area contributed by atoms with Crippen LogP contribution in [-0.4, -0.2) is 27.2 Å². The summed E-state index contributed by atoms with van der Waals surface area (Å²) in [5.74, 6) is 0. The van der Waals surface area contributed by atoms with Crippen LogP contribution in [0.5, 0.6) is 0 Å². The summed E-state index contributed by atoms with van der Waals surface area (Å²) in [5.41, 5.74) is 1.20. The Morgan fingerprint density at radius 3 is 2.65 bits per heavy atom. The predicted molar refractivity (Wildman–Crippen MR) is 76.0 cm³/mol.